The van der Waals surface area contributed by atoms with E-state index in [4.69, 9.17) is 15.5 Å². The molecule has 0 aliphatic carbocycles. The average Bonchev–Trinajstić information content (AvgIpc) is 3.16. The van der Waals surface area contributed by atoms with Gasteiger partial charge in [0.2, 0.25) is 0 Å². The molecule has 0 bridgehead atoms. The molecule has 4 N–H and O–H groups in total. The van der Waals surface area contributed by atoms with Gasteiger partial charge >= 0.3 is 0 Å². The van der Waals surface area contributed by atoms with Crippen molar-refractivity contribution in [3.8, 4) is 0 Å². The highest BCUT2D eigenvalue weighted by atomic mass is 31.2. The van der Waals surface area contributed by atoms with Gasteiger partial charge in [-0.05, 0) is 38.4 Å². The molecule has 1 saturated heterocycles. The number of imidazole rings is 1. The summed E-state index contributed by atoms with van der Waals surface area (Å²) < 4.78 is 8.02. The van der Waals surface area contributed by atoms with Crippen LogP contribution in [0.4, 0.5) is 5.69 Å². The fraction of sp³-hybridized carbons (Fsp3) is 0.667. The van der Waals surface area contributed by atoms with Gasteiger partial charge in [-0.2, -0.15) is 0 Å². The first kappa shape index (κ1) is 22.3. The Kier molecular flexibility index (Phi) is 7.05. The largest absolute Gasteiger partial charge is 0.397 e. The van der Waals surface area contributed by atoms with Crippen molar-refractivity contribution >= 4 is 30.0 Å². The molecular weight excluding hydrogens is 387 g/mol. The minimum atomic E-state index is -1.24. The number of aliphatic hydroxyl groups excluding tert-OH is 2. The van der Waals surface area contributed by atoms with Crippen LogP contribution in [0.3, 0.4) is 0 Å². The lowest BCUT2D eigenvalue weighted by molar-refractivity contribution is -0.0368. The number of ether oxygens (including phenoxy) is 1. The highest BCUT2D eigenvalue weighted by Crippen LogP contribution is 2.40. The van der Waals surface area contributed by atoms with E-state index in [2.05, 4.69) is 31.5 Å². The molecule has 1 fully saturated rings. The molecule has 1 aliphatic rings. The number of aliphatic hydroxyl groups is 2. The predicted molar refractivity (Wildman–Crippen MR) is 121 cm³/mol. The Hall–Kier alpha value is -1.40. The lowest BCUT2D eigenvalue weighted by Gasteiger charge is -2.20. The van der Waals surface area contributed by atoms with E-state index in [1.54, 1.807) is 12.3 Å². The molecular formula is C21H35N4O3P. The number of hydrogen-bond donors (Lipinski definition) is 3. The van der Waals surface area contributed by atoms with Gasteiger partial charge in [0.05, 0.1) is 11.8 Å². The van der Waals surface area contributed by atoms with E-state index < -0.39 is 31.4 Å². The number of unbranched alkanes of at least 4 members (excludes halogenated alkanes) is 3. The first-order valence-corrected chi connectivity index (χ1v) is 13.6. The summed E-state index contributed by atoms with van der Waals surface area (Å²) in [5, 5.41) is 21.4. The molecule has 3 rings (SSSR count). The van der Waals surface area contributed by atoms with Crippen LogP contribution in [0.2, 0.25) is 0 Å². The van der Waals surface area contributed by atoms with Crippen molar-refractivity contribution in [1.82, 2.24) is 14.5 Å². The maximum atomic E-state index is 10.8. The molecule has 0 radical (unpaired) electrons. The smallest absolute Gasteiger partial charge is 0.165 e. The molecule has 0 saturated carbocycles. The van der Waals surface area contributed by atoms with Crippen LogP contribution in [0.1, 0.15) is 51.1 Å². The minimum Gasteiger partial charge on any atom is -0.397 e. The van der Waals surface area contributed by atoms with E-state index in [-0.39, 0.29) is 0 Å². The summed E-state index contributed by atoms with van der Waals surface area (Å²) in [5.74, 6) is 0.795. The Balaban J connectivity index is 1.90. The Labute approximate surface area is 173 Å². The van der Waals surface area contributed by atoms with Crippen molar-refractivity contribution in [2.24, 2.45) is 0 Å². The summed E-state index contributed by atoms with van der Waals surface area (Å²) in [7, 11) is 0. The zero-order valence-corrected chi connectivity index (χ0v) is 18.7. The van der Waals surface area contributed by atoms with Crippen molar-refractivity contribution in [2.45, 2.75) is 70.0 Å². The zero-order valence-electron chi connectivity index (χ0n) is 17.8. The van der Waals surface area contributed by atoms with Gasteiger partial charge in [0.15, 0.2) is 11.9 Å². The number of nitrogens with two attached hydrogens (primary N) is 1. The maximum absolute atomic E-state index is 10.8. The summed E-state index contributed by atoms with van der Waals surface area (Å²) in [4.78, 5) is 9.19. The van der Waals surface area contributed by atoms with Crippen molar-refractivity contribution < 1.29 is 14.9 Å². The molecule has 1 aliphatic heterocycles. The summed E-state index contributed by atoms with van der Waals surface area (Å²) in [6.45, 7) is 5.26. The van der Waals surface area contributed by atoms with Crippen LogP contribution in [0.25, 0.3) is 11.2 Å². The van der Waals surface area contributed by atoms with E-state index in [0.717, 1.165) is 37.7 Å². The van der Waals surface area contributed by atoms with E-state index in [9.17, 15) is 10.2 Å². The second kappa shape index (κ2) is 9.17. The van der Waals surface area contributed by atoms with E-state index in [0.29, 0.717) is 23.3 Å². The third-order valence-electron chi connectivity index (χ3n) is 5.55. The molecule has 0 amide bonds. The van der Waals surface area contributed by atoms with Gasteiger partial charge in [-0.1, -0.05) is 26.2 Å². The Bertz CT molecular complexity index is 878. The second-order valence-corrected chi connectivity index (χ2v) is 13.1. The molecule has 2 aromatic rings. The van der Waals surface area contributed by atoms with Gasteiger partial charge in [0.1, 0.15) is 23.5 Å². The monoisotopic (exact) mass is 422 g/mol. The van der Waals surface area contributed by atoms with E-state index in [1.807, 2.05) is 4.57 Å². The molecule has 2 aromatic heterocycles. The highest BCUT2D eigenvalue weighted by molar-refractivity contribution is 7.72. The molecule has 4 atom stereocenters. The number of hydrogen-bond acceptors (Lipinski definition) is 6. The average molecular weight is 423 g/mol. The lowest BCUT2D eigenvalue weighted by atomic mass is 10.1. The Morgan fingerprint density at radius 3 is 2.69 bits per heavy atom. The van der Waals surface area contributed by atoms with Gasteiger partial charge < -0.3 is 20.7 Å². The van der Waals surface area contributed by atoms with Crippen LogP contribution < -0.4 is 5.73 Å². The Morgan fingerprint density at radius 1 is 1.24 bits per heavy atom. The fourth-order valence-corrected chi connectivity index (χ4v) is 4.82. The highest BCUT2D eigenvalue weighted by Gasteiger charge is 2.44. The van der Waals surface area contributed by atoms with Gasteiger partial charge in [-0.3, -0.25) is 4.57 Å². The van der Waals surface area contributed by atoms with E-state index >= 15 is 0 Å². The quantitative estimate of drug-likeness (QED) is 0.424. The molecule has 162 valence electrons. The standard InChI is InChI=1S/C21H35N4O3P/c1-5-6-7-8-9-16-24-17-14(22)10-12-23-20(17)25(16)21-19(27)18(26)15(28-21)11-13-29(2,3)4/h10,12,15,18-19,21,26-27H,2,5-9,11,13H2,1,3-4H3,(H2,22,23)/t15-,18-,19-,21-/m1/s1. The number of aryl methyl sites for hydroxylation is 1. The van der Waals surface area contributed by atoms with Crippen molar-refractivity contribution in [2.75, 3.05) is 25.2 Å². The summed E-state index contributed by atoms with van der Waals surface area (Å²) in [6, 6.07) is 1.73. The first-order valence-electron chi connectivity index (χ1n) is 10.5. The Morgan fingerprint density at radius 2 is 2.00 bits per heavy atom. The van der Waals surface area contributed by atoms with Crippen LogP contribution in [-0.4, -0.2) is 68.9 Å². The molecule has 0 aromatic carbocycles. The van der Waals surface area contributed by atoms with Crippen LogP contribution in [-0.2, 0) is 11.2 Å². The zero-order chi connectivity index (χ0) is 21.2. The van der Waals surface area contributed by atoms with Crippen LogP contribution in [0.5, 0.6) is 0 Å². The number of nitrogens with zero attached hydrogens (tertiary/aromatic N) is 3. The van der Waals surface area contributed by atoms with Crippen molar-refractivity contribution in [1.29, 1.82) is 0 Å². The third kappa shape index (κ3) is 5.02. The molecule has 29 heavy (non-hydrogen) atoms. The van der Waals surface area contributed by atoms with Crippen LogP contribution >= 0.6 is 6.89 Å². The summed E-state index contributed by atoms with van der Waals surface area (Å²) in [6.07, 6.45) is 9.50. The van der Waals surface area contributed by atoms with Crippen molar-refractivity contribution in [3.05, 3.63) is 18.1 Å². The molecule has 0 spiro atoms. The SMILES string of the molecule is C=P(C)(C)CC[C@H]1O[C@@H](n2c(CCCCCC)nc3c(N)ccnc32)[C@H](O)[C@@H]1O. The van der Waals surface area contributed by atoms with Gasteiger partial charge in [-0.25, -0.2) is 9.97 Å². The second-order valence-electron chi connectivity index (χ2n) is 8.78. The number of rotatable bonds is 9. The fourth-order valence-electron chi connectivity index (χ4n) is 3.86. The number of fused-ring (bicyclic) bond motifs is 1. The number of nitrogen functional groups attached to an aromatic ring is 1. The summed E-state index contributed by atoms with van der Waals surface area (Å²) in [5.41, 5.74) is 7.90. The minimum absolute atomic E-state index is 0.428. The number of aromatic nitrogens is 3. The number of pyridine rings is 1. The van der Waals surface area contributed by atoms with Gasteiger partial charge in [0, 0.05) is 12.6 Å². The van der Waals surface area contributed by atoms with Gasteiger partial charge in [0.25, 0.3) is 0 Å². The topological polar surface area (TPSA) is 106 Å². The summed E-state index contributed by atoms with van der Waals surface area (Å²) >= 11 is 0. The number of anilines is 1. The maximum Gasteiger partial charge on any atom is 0.165 e. The molecule has 0 unspecified atom stereocenters. The van der Waals surface area contributed by atoms with Crippen LogP contribution in [0, 0.1) is 0 Å². The first-order chi connectivity index (χ1) is 13.7. The van der Waals surface area contributed by atoms with Crippen molar-refractivity contribution in [3.63, 3.8) is 0 Å². The molecule has 7 nitrogen and oxygen atoms in total. The van der Waals surface area contributed by atoms with E-state index in [1.165, 1.54) is 6.42 Å². The van der Waals surface area contributed by atoms with Crippen LogP contribution in [0.15, 0.2) is 12.3 Å². The third-order valence-corrected chi connectivity index (χ3v) is 7.02. The van der Waals surface area contributed by atoms with Gasteiger partial charge in [-0.15, -0.1) is 13.2 Å². The predicted octanol–water partition coefficient (Wildman–Crippen LogP) is 2.85. The lowest BCUT2D eigenvalue weighted by Crippen LogP contribution is -2.32. The molecule has 3 heterocycles. The normalized spacial score (nSPS) is 25.1. The molecule has 8 heteroatoms.